The van der Waals surface area contributed by atoms with Gasteiger partial charge in [-0.05, 0) is 36.8 Å². The highest BCUT2D eigenvalue weighted by Crippen LogP contribution is 2.36. The number of hydrogen-bond donors (Lipinski definition) is 1. The van der Waals surface area contributed by atoms with Gasteiger partial charge in [0, 0.05) is 16.0 Å². The van der Waals surface area contributed by atoms with E-state index in [-0.39, 0.29) is 11.4 Å². The monoisotopic (exact) mass is 425 g/mol. The molecule has 3 rings (SSSR count). The van der Waals surface area contributed by atoms with Gasteiger partial charge in [0.15, 0.2) is 6.61 Å². The maximum absolute atomic E-state index is 13.1. The molecule has 0 aliphatic rings. The average molecular weight is 426 g/mol. The molecule has 0 aliphatic heterocycles. The first-order chi connectivity index (χ1) is 13.6. The lowest BCUT2D eigenvalue weighted by Crippen LogP contribution is -2.23. The molecule has 1 aromatic heterocycles. The average Bonchev–Trinajstić information content (AvgIpc) is 3.02. The van der Waals surface area contributed by atoms with Gasteiger partial charge in [-0.2, -0.15) is 13.2 Å². The van der Waals surface area contributed by atoms with Gasteiger partial charge in [0.1, 0.15) is 5.58 Å². The molecule has 0 aliphatic carbocycles. The van der Waals surface area contributed by atoms with E-state index in [1.165, 1.54) is 12.3 Å². The van der Waals surface area contributed by atoms with Crippen LogP contribution in [0.25, 0.3) is 11.0 Å². The summed E-state index contributed by atoms with van der Waals surface area (Å²) in [6.45, 7) is 1.17. The van der Waals surface area contributed by atoms with Crippen molar-refractivity contribution in [1.29, 1.82) is 0 Å². The van der Waals surface area contributed by atoms with Crippen LogP contribution in [0.3, 0.4) is 0 Å². The summed E-state index contributed by atoms with van der Waals surface area (Å²) in [5.74, 6) is -1.62. The van der Waals surface area contributed by atoms with Crippen molar-refractivity contribution in [3.63, 3.8) is 0 Å². The van der Waals surface area contributed by atoms with Crippen LogP contribution in [-0.2, 0) is 26.9 Å². The van der Waals surface area contributed by atoms with E-state index in [0.717, 1.165) is 17.0 Å². The van der Waals surface area contributed by atoms with Crippen LogP contribution in [0.1, 0.15) is 16.7 Å². The smallest absolute Gasteiger partial charge is 0.418 e. The van der Waals surface area contributed by atoms with Gasteiger partial charge in [-0.1, -0.05) is 23.7 Å². The van der Waals surface area contributed by atoms with E-state index in [9.17, 15) is 22.8 Å². The maximum atomic E-state index is 13.1. The second-order valence-electron chi connectivity index (χ2n) is 6.33. The standard InChI is InChI=1S/C20H15ClF3NO4/c1-11-2-4-14-12(9-28-17(14)6-11)7-19(27)29-10-18(26)25-16-5-3-13(21)8-15(16)20(22,23)24/h2-6,8-9H,7,10H2,1H3,(H,25,26). The molecule has 9 heteroatoms. The van der Waals surface area contributed by atoms with Crippen molar-refractivity contribution < 1.29 is 31.9 Å². The molecule has 0 saturated carbocycles. The fourth-order valence-corrected chi connectivity index (χ4v) is 2.90. The van der Waals surface area contributed by atoms with Crippen molar-refractivity contribution in [3.05, 3.63) is 64.4 Å². The lowest BCUT2D eigenvalue weighted by molar-refractivity contribution is -0.146. The third kappa shape index (κ3) is 5.08. The number of amides is 1. The Bertz CT molecular complexity index is 1080. The summed E-state index contributed by atoms with van der Waals surface area (Å²) in [6.07, 6.45) is -3.42. The lowest BCUT2D eigenvalue weighted by Gasteiger charge is -2.14. The number of alkyl halides is 3. The third-order valence-corrected chi connectivity index (χ3v) is 4.31. The molecule has 29 heavy (non-hydrogen) atoms. The number of hydrogen-bond acceptors (Lipinski definition) is 4. The molecule has 2 aromatic carbocycles. The van der Waals surface area contributed by atoms with Gasteiger partial charge in [-0.15, -0.1) is 0 Å². The SMILES string of the molecule is Cc1ccc2c(CC(=O)OCC(=O)Nc3ccc(Cl)cc3C(F)(F)F)coc2c1. The molecular weight excluding hydrogens is 411 g/mol. The van der Waals surface area contributed by atoms with Crippen LogP contribution in [0.5, 0.6) is 0 Å². The summed E-state index contributed by atoms with van der Waals surface area (Å²) >= 11 is 5.59. The van der Waals surface area contributed by atoms with Crippen LogP contribution in [-0.4, -0.2) is 18.5 Å². The van der Waals surface area contributed by atoms with Crippen molar-refractivity contribution in [3.8, 4) is 0 Å². The molecule has 0 radical (unpaired) electrons. The molecule has 0 unspecified atom stereocenters. The summed E-state index contributed by atoms with van der Waals surface area (Å²) in [4.78, 5) is 23.9. The Morgan fingerprint density at radius 2 is 1.93 bits per heavy atom. The quantitative estimate of drug-likeness (QED) is 0.575. The number of nitrogens with one attached hydrogen (secondary N) is 1. The van der Waals surface area contributed by atoms with Gasteiger partial charge in [0.25, 0.3) is 5.91 Å². The highest BCUT2D eigenvalue weighted by molar-refractivity contribution is 6.30. The van der Waals surface area contributed by atoms with Gasteiger partial charge in [0.05, 0.1) is 23.9 Å². The second-order valence-corrected chi connectivity index (χ2v) is 6.77. The molecule has 1 amide bonds. The number of ether oxygens (including phenoxy) is 1. The van der Waals surface area contributed by atoms with E-state index in [1.54, 1.807) is 0 Å². The molecule has 152 valence electrons. The summed E-state index contributed by atoms with van der Waals surface area (Å²) in [5.41, 5.74) is 0.637. The Morgan fingerprint density at radius 1 is 1.17 bits per heavy atom. The molecule has 3 aromatic rings. The van der Waals surface area contributed by atoms with Crippen molar-refractivity contribution in [2.24, 2.45) is 0 Å². The first-order valence-corrected chi connectivity index (χ1v) is 8.80. The Hall–Kier alpha value is -3.00. The number of rotatable bonds is 5. The van der Waals surface area contributed by atoms with E-state index < -0.39 is 35.9 Å². The minimum Gasteiger partial charge on any atom is -0.464 e. The van der Waals surface area contributed by atoms with Crippen molar-refractivity contribution >= 4 is 40.1 Å². The number of furan rings is 1. The molecule has 0 spiro atoms. The molecule has 0 fully saturated rings. The minimum atomic E-state index is -4.70. The van der Waals surface area contributed by atoms with Crippen molar-refractivity contribution in [2.45, 2.75) is 19.5 Å². The van der Waals surface area contributed by atoms with Crippen molar-refractivity contribution in [2.75, 3.05) is 11.9 Å². The zero-order valence-electron chi connectivity index (χ0n) is 15.1. The fourth-order valence-electron chi connectivity index (χ4n) is 2.73. The summed E-state index contributed by atoms with van der Waals surface area (Å²) in [5, 5.41) is 2.70. The Balaban J connectivity index is 1.60. The molecule has 5 nitrogen and oxygen atoms in total. The second kappa shape index (κ2) is 8.16. The topological polar surface area (TPSA) is 68.5 Å². The van der Waals surface area contributed by atoms with E-state index in [2.05, 4.69) is 5.32 Å². The first-order valence-electron chi connectivity index (χ1n) is 8.42. The highest BCUT2D eigenvalue weighted by atomic mass is 35.5. The lowest BCUT2D eigenvalue weighted by atomic mass is 10.1. The van der Waals surface area contributed by atoms with Gasteiger partial charge in [-0.25, -0.2) is 0 Å². The molecule has 1 heterocycles. The normalized spacial score (nSPS) is 11.5. The summed E-state index contributed by atoms with van der Waals surface area (Å²) in [6, 6.07) is 8.44. The molecular formula is C20H15ClF3NO4. The number of benzene rings is 2. The first kappa shape index (κ1) is 20.7. The molecule has 0 bridgehead atoms. The molecule has 0 atom stereocenters. The number of carbonyl (C=O) groups is 2. The van der Waals surface area contributed by atoms with Gasteiger partial charge in [0.2, 0.25) is 0 Å². The Morgan fingerprint density at radius 3 is 2.66 bits per heavy atom. The third-order valence-electron chi connectivity index (χ3n) is 4.07. The van der Waals surface area contributed by atoms with E-state index in [4.69, 9.17) is 20.8 Å². The van der Waals surface area contributed by atoms with Crippen LogP contribution in [0.4, 0.5) is 18.9 Å². The van der Waals surface area contributed by atoms with Gasteiger partial charge in [-0.3, -0.25) is 9.59 Å². The summed E-state index contributed by atoms with van der Waals surface area (Å²) in [7, 11) is 0. The largest absolute Gasteiger partial charge is 0.464 e. The number of anilines is 1. The minimum absolute atomic E-state index is 0.121. The zero-order chi connectivity index (χ0) is 21.2. The Kier molecular flexibility index (Phi) is 5.83. The molecule has 1 N–H and O–H groups in total. The maximum Gasteiger partial charge on any atom is 0.418 e. The number of halogens is 4. The van der Waals surface area contributed by atoms with Crippen LogP contribution < -0.4 is 5.32 Å². The number of carbonyl (C=O) groups excluding carboxylic acids is 2. The predicted molar refractivity (Wildman–Crippen MR) is 101 cm³/mol. The number of aryl methyl sites for hydroxylation is 1. The van der Waals surface area contributed by atoms with E-state index in [1.807, 2.05) is 25.1 Å². The summed E-state index contributed by atoms with van der Waals surface area (Å²) < 4.78 is 49.4. The Labute approximate surface area is 168 Å². The van der Waals surface area contributed by atoms with Crippen LogP contribution in [0.15, 0.2) is 47.1 Å². The molecule has 0 saturated heterocycles. The fraction of sp³-hybridized carbons (Fsp3) is 0.200. The van der Waals surface area contributed by atoms with E-state index >= 15 is 0 Å². The number of esters is 1. The zero-order valence-corrected chi connectivity index (χ0v) is 15.9. The predicted octanol–water partition coefficient (Wildman–Crippen LogP) is 5.14. The van der Waals surface area contributed by atoms with Crippen LogP contribution in [0.2, 0.25) is 5.02 Å². The van der Waals surface area contributed by atoms with Gasteiger partial charge < -0.3 is 14.5 Å². The van der Waals surface area contributed by atoms with Gasteiger partial charge >= 0.3 is 12.1 Å². The number of fused-ring (bicyclic) bond motifs is 1. The van der Waals surface area contributed by atoms with Crippen LogP contribution in [0, 0.1) is 6.92 Å². The van der Waals surface area contributed by atoms with Crippen LogP contribution >= 0.6 is 11.6 Å². The highest BCUT2D eigenvalue weighted by Gasteiger charge is 2.34. The van der Waals surface area contributed by atoms with Crippen molar-refractivity contribution in [1.82, 2.24) is 0 Å². The van der Waals surface area contributed by atoms with E-state index in [0.29, 0.717) is 17.2 Å².